The zero-order valence-electron chi connectivity index (χ0n) is 12.3. The number of thiazole rings is 1. The molecular weight excluding hydrogens is 324 g/mol. The standard InChI is InChI=1S/C15H17ClN2O3S/c1-21-11-4-6-17(7-5-11)14(19)9-18-12-8-10(16)2-3-13(12)22-15(18)20/h2-3,8,11H,4-7,9H2,1H3. The van der Waals surface area contributed by atoms with E-state index in [0.717, 1.165) is 34.4 Å². The van der Waals surface area contributed by atoms with Crippen molar-refractivity contribution < 1.29 is 9.53 Å². The minimum atomic E-state index is -0.127. The maximum atomic E-state index is 12.4. The van der Waals surface area contributed by atoms with Gasteiger partial charge in [-0.25, -0.2) is 0 Å². The molecule has 0 bridgehead atoms. The van der Waals surface area contributed by atoms with Crippen molar-refractivity contribution >= 4 is 39.1 Å². The molecule has 5 nitrogen and oxygen atoms in total. The van der Waals surface area contributed by atoms with Crippen LogP contribution in [0.3, 0.4) is 0 Å². The number of halogens is 1. The van der Waals surface area contributed by atoms with Crippen molar-refractivity contribution in [3.05, 3.63) is 32.9 Å². The Kier molecular flexibility index (Phi) is 4.52. The maximum absolute atomic E-state index is 12.4. The minimum absolute atomic E-state index is 0.0312. The molecule has 2 heterocycles. The highest BCUT2D eigenvalue weighted by Gasteiger charge is 2.23. The van der Waals surface area contributed by atoms with Crippen molar-refractivity contribution in [2.45, 2.75) is 25.5 Å². The molecular formula is C15H17ClN2O3S. The van der Waals surface area contributed by atoms with Crippen LogP contribution in [0.1, 0.15) is 12.8 Å². The Labute approximate surface area is 137 Å². The third kappa shape index (κ3) is 3.04. The topological polar surface area (TPSA) is 51.5 Å². The highest BCUT2D eigenvalue weighted by Crippen LogP contribution is 2.22. The molecule has 1 saturated heterocycles. The van der Waals surface area contributed by atoms with Crippen LogP contribution in [-0.4, -0.2) is 41.7 Å². The molecule has 1 aromatic heterocycles. The number of rotatable bonds is 3. The number of carbonyl (C=O) groups is 1. The lowest BCUT2D eigenvalue weighted by atomic mass is 10.1. The SMILES string of the molecule is COC1CCN(C(=O)Cn2c(=O)sc3ccc(Cl)cc32)CC1. The fourth-order valence-corrected chi connectivity index (χ4v) is 3.80. The van der Waals surface area contributed by atoms with E-state index in [1.807, 2.05) is 6.07 Å². The maximum Gasteiger partial charge on any atom is 0.308 e. The van der Waals surface area contributed by atoms with E-state index in [9.17, 15) is 9.59 Å². The largest absolute Gasteiger partial charge is 0.381 e. The van der Waals surface area contributed by atoms with Crippen LogP contribution in [0.15, 0.2) is 23.0 Å². The minimum Gasteiger partial charge on any atom is -0.381 e. The number of carbonyl (C=O) groups excluding carboxylic acids is 1. The number of methoxy groups -OCH3 is 1. The normalized spacial score (nSPS) is 16.4. The number of ether oxygens (including phenoxy) is 1. The van der Waals surface area contributed by atoms with Crippen molar-refractivity contribution in [2.24, 2.45) is 0 Å². The average molecular weight is 341 g/mol. The molecule has 0 radical (unpaired) electrons. The Morgan fingerprint density at radius 2 is 2.14 bits per heavy atom. The predicted octanol–water partition coefficient (Wildman–Crippen LogP) is 2.35. The first-order valence-corrected chi connectivity index (χ1v) is 8.37. The smallest absolute Gasteiger partial charge is 0.308 e. The molecule has 2 aromatic rings. The molecule has 22 heavy (non-hydrogen) atoms. The second-order valence-electron chi connectivity index (χ2n) is 5.38. The summed E-state index contributed by atoms with van der Waals surface area (Å²) >= 11 is 7.14. The van der Waals surface area contributed by atoms with Crippen molar-refractivity contribution in [3.63, 3.8) is 0 Å². The van der Waals surface area contributed by atoms with Gasteiger partial charge in [0.05, 0.1) is 16.3 Å². The predicted molar refractivity (Wildman–Crippen MR) is 87.7 cm³/mol. The van der Waals surface area contributed by atoms with E-state index in [-0.39, 0.29) is 23.4 Å². The molecule has 7 heteroatoms. The first kappa shape index (κ1) is 15.5. The number of benzene rings is 1. The molecule has 0 atom stereocenters. The Morgan fingerprint density at radius 3 is 2.82 bits per heavy atom. The van der Waals surface area contributed by atoms with Crippen molar-refractivity contribution in [1.29, 1.82) is 0 Å². The third-order valence-electron chi connectivity index (χ3n) is 4.05. The molecule has 118 valence electrons. The van der Waals surface area contributed by atoms with Gasteiger partial charge in [-0.15, -0.1) is 0 Å². The molecule has 0 aliphatic carbocycles. The highest BCUT2D eigenvalue weighted by molar-refractivity contribution is 7.16. The van der Waals surface area contributed by atoms with Crippen molar-refractivity contribution in [1.82, 2.24) is 9.47 Å². The summed E-state index contributed by atoms with van der Waals surface area (Å²) in [5.74, 6) is -0.0312. The quantitative estimate of drug-likeness (QED) is 0.861. The Hall–Kier alpha value is -1.37. The zero-order chi connectivity index (χ0) is 15.7. The van der Waals surface area contributed by atoms with Gasteiger partial charge in [0.2, 0.25) is 5.91 Å². The van der Waals surface area contributed by atoms with Crippen LogP contribution in [-0.2, 0) is 16.1 Å². The summed E-state index contributed by atoms with van der Waals surface area (Å²) in [6.07, 6.45) is 1.91. The Morgan fingerprint density at radius 1 is 1.41 bits per heavy atom. The number of aromatic nitrogens is 1. The number of likely N-dealkylation sites (tertiary alicyclic amines) is 1. The molecule has 1 aliphatic heterocycles. The first-order chi connectivity index (χ1) is 10.6. The second kappa shape index (κ2) is 6.40. The summed E-state index contributed by atoms with van der Waals surface area (Å²) in [5, 5.41) is 0.562. The lowest BCUT2D eigenvalue weighted by Crippen LogP contribution is -2.42. The molecule has 3 rings (SSSR count). The number of fused-ring (bicyclic) bond motifs is 1. The molecule has 0 N–H and O–H groups in total. The highest BCUT2D eigenvalue weighted by atomic mass is 35.5. The molecule has 1 aliphatic rings. The van der Waals surface area contributed by atoms with Crippen LogP contribution in [0.2, 0.25) is 5.02 Å². The lowest BCUT2D eigenvalue weighted by molar-refractivity contribution is -0.134. The summed E-state index contributed by atoms with van der Waals surface area (Å²) in [4.78, 5) is 26.2. The molecule has 1 aromatic carbocycles. The number of nitrogens with zero attached hydrogens (tertiary/aromatic N) is 2. The number of piperidine rings is 1. The van der Waals surface area contributed by atoms with Crippen LogP contribution in [0, 0.1) is 0 Å². The van der Waals surface area contributed by atoms with E-state index in [1.54, 1.807) is 24.1 Å². The second-order valence-corrected chi connectivity index (χ2v) is 6.81. The Bertz CT molecular complexity index is 747. The first-order valence-electron chi connectivity index (χ1n) is 7.18. The summed E-state index contributed by atoms with van der Waals surface area (Å²) < 4.78 is 7.67. The van der Waals surface area contributed by atoms with Gasteiger partial charge in [-0.1, -0.05) is 22.9 Å². The summed E-state index contributed by atoms with van der Waals surface area (Å²) in [6, 6.07) is 5.30. The van der Waals surface area contributed by atoms with Crippen LogP contribution in [0.25, 0.3) is 10.2 Å². The third-order valence-corrected chi connectivity index (χ3v) is 5.25. The Balaban J connectivity index is 1.78. The van der Waals surface area contributed by atoms with E-state index in [1.165, 1.54) is 4.57 Å². The lowest BCUT2D eigenvalue weighted by Gasteiger charge is -2.31. The zero-order valence-corrected chi connectivity index (χ0v) is 13.8. The summed E-state index contributed by atoms with van der Waals surface area (Å²) in [5.41, 5.74) is 0.725. The molecule has 0 unspecified atom stereocenters. The molecule has 0 spiro atoms. The van der Waals surface area contributed by atoms with Gasteiger partial charge in [0.15, 0.2) is 0 Å². The van der Waals surface area contributed by atoms with Gasteiger partial charge in [-0.3, -0.25) is 14.2 Å². The van der Waals surface area contributed by atoms with E-state index < -0.39 is 0 Å². The summed E-state index contributed by atoms with van der Waals surface area (Å²) in [6.45, 7) is 1.42. The van der Waals surface area contributed by atoms with Gasteiger partial charge in [-0.05, 0) is 31.0 Å². The fraction of sp³-hybridized carbons (Fsp3) is 0.467. The van der Waals surface area contributed by atoms with E-state index in [0.29, 0.717) is 18.1 Å². The van der Waals surface area contributed by atoms with Crippen molar-refractivity contribution in [3.8, 4) is 0 Å². The van der Waals surface area contributed by atoms with Gasteiger partial charge in [-0.2, -0.15) is 0 Å². The number of hydrogen-bond donors (Lipinski definition) is 0. The van der Waals surface area contributed by atoms with Crippen LogP contribution in [0.4, 0.5) is 0 Å². The van der Waals surface area contributed by atoms with Gasteiger partial charge >= 0.3 is 4.87 Å². The molecule has 1 fully saturated rings. The summed E-state index contributed by atoms with van der Waals surface area (Å²) in [7, 11) is 1.70. The number of hydrogen-bond acceptors (Lipinski definition) is 4. The molecule has 0 saturated carbocycles. The molecule has 1 amide bonds. The van der Waals surface area contributed by atoms with E-state index >= 15 is 0 Å². The van der Waals surface area contributed by atoms with Gasteiger partial charge in [0.25, 0.3) is 0 Å². The number of amides is 1. The van der Waals surface area contributed by atoms with Crippen LogP contribution in [0.5, 0.6) is 0 Å². The van der Waals surface area contributed by atoms with Crippen molar-refractivity contribution in [2.75, 3.05) is 20.2 Å². The van der Waals surface area contributed by atoms with Crippen LogP contribution >= 0.6 is 22.9 Å². The monoisotopic (exact) mass is 340 g/mol. The van der Waals surface area contributed by atoms with Gasteiger partial charge in [0, 0.05) is 25.2 Å². The van der Waals surface area contributed by atoms with Gasteiger partial charge < -0.3 is 9.64 Å². The average Bonchev–Trinajstić information content (AvgIpc) is 2.83. The van der Waals surface area contributed by atoms with E-state index in [2.05, 4.69) is 0 Å². The van der Waals surface area contributed by atoms with Gasteiger partial charge in [0.1, 0.15) is 6.54 Å². The van der Waals surface area contributed by atoms with E-state index in [4.69, 9.17) is 16.3 Å². The fourth-order valence-electron chi connectivity index (χ4n) is 2.76. The van der Waals surface area contributed by atoms with Crippen LogP contribution < -0.4 is 4.87 Å².